The molecule has 0 radical (unpaired) electrons. The molecule has 0 aromatic heterocycles. The number of hydrogen-bond acceptors (Lipinski definition) is 3. The fourth-order valence-corrected chi connectivity index (χ4v) is 1.23. The third kappa shape index (κ3) is 3.53. The van der Waals surface area contributed by atoms with Crippen molar-refractivity contribution in [3.63, 3.8) is 0 Å². The molecular formula is C11H14FN3O2. The van der Waals surface area contributed by atoms with Crippen LogP contribution in [0.3, 0.4) is 0 Å². The van der Waals surface area contributed by atoms with Crippen LogP contribution in [0.4, 0.5) is 10.1 Å². The summed E-state index contributed by atoms with van der Waals surface area (Å²) in [5.74, 6) is -2.32. The van der Waals surface area contributed by atoms with Crippen LogP contribution in [-0.4, -0.2) is 24.9 Å². The lowest BCUT2D eigenvalue weighted by atomic mass is 10.2. The number of carbonyl (C=O) groups excluding carboxylic acids is 2. The first kappa shape index (κ1) is 13.1. The van der Waals surface area contributed by atoms with Crippen molar-refractivity contribution in [2.24, 2.45) is 5.73 Å². The standard InChI is InChI=1S/C11H14FN3O2/c1-7-3-2-4-8(12)9(7)15-11(17)10(16)14-6-5-13/h2-4H,5-6,13H2,1H3,(H,14,16)(H,15,17). The molecule has 0 aliphatic heterocycles. The highest BCUT2D eigenvalue weighted by Gasteiger charge is 2.15. The maximum Gasteiger partial charge on any atom is 0.313 e. The van der Waals surface area contributed by atoms with Gasteiger partial charge in [-0.1, -0.05) is 12.1 Å². The summed E-state index contributed by atoms with van der Waals surface area (Å²) in [4.78, 5) is 22.6. The van der Waals surface area contributed by atoms with Crippen molar-refractivity contribution in [1.82, 2.24) is 5.32 Å². The SMILES string of the molecule is Cc1cccc(F)c1NC(=O)C(=O)NCCN. The third-order valence-corrected chi connectivity index (χ3v) is 2.10. The highest BCUT2D eigenvalue weighted by molar-refractivity contribution is 6.39. The minimum Gasteiger partial charge on any atom is -0.347 e. The average Bonchev–Trinajstić information content (AvgIpc) is 2.30. The van der Waals surface area contributed by atoms with Crippen LogP contribution in [-0.2, 0) is 9.59 Å². The number of anilines is 1. The summed E-state index contributed by atoms with van der Waals surface area (Å²) in [6.07, 6.45) is 0. The maximum absolute atomic E-state index is 13.4. The van der Waals surface area contributed by atoms with Gasteiger partial charge in [0.05, 0.1) is 5.69 Å². The number of aryl methyl sites for hydroxylation is 1. The Kier molecular flexibility index (Phi) is 4.59. The number of amides is 2. The number of halogens is 1. The highest BCUT2D eigenvalue weighted by Crippen LogP contribution is 2.18. The molecule has 5 nitrogen and oxygen atoms in total. The third-order valence-electron chi connectivity index (χ3n) is 2.10. The molecule has 0 aliphatic rings. The first-order valence-corrected chi connectivity index (χ1v) is 5.10. The van der Waals surface area contributed by atoms with Crippen molar-refractivity contribution in [3.05, 3.63) is 29.6 Å². The van der Waals surface area contributed by atoms with Crippen molar-refractivity contribution in [2.75, 3.05) is 18.4 Å². The predicted octanol–water partition coefficient (Wildman–Crippen LogP) is 0.148. The summed E-state index contributed by atoms with van der Waals surface area (Å²) in [5, 5.41) is 4.51. The average molecular weight is 239 g/mol. The maximum atomic E-state index is 13.4. The fraction of sp³-hybridized carbons (Fsp3) is 0.273. The van der Waals surface area contributed by atoms with E-state index in [9.17, 15) is 14.0 Å². The zero-order valence-corrected chi connectivity index (χ0v) is 9.42. The van der Waals surface area contributed by atoms with Crippen LogP contribution < -0.4 is 16.4 Å². The van der Waals surface area contributed by atoms with Crippen LogP contribution >= 0.6 is 0 Å². The molecule has 0 atom stereocenters. The van der Waals surface area contributed by atoms with Gasteiger partial charge in [-0.15, -0.1) is 0 Å². The molecule has 0 saturated carbocycles. The summed E-state index contributed by atoms with van der Waals surface area (Å²) in [5.41, 5.74) is 5.73. The molecule has 17 heavy (non-hydrogen) atoms. The van der Waals surface area contributed by atoms with Gasteiger partial charge in [0, 0.05) is 13.1 Å². The lowest BCUT2D eigenvalue weighted by molar-refractivity contribution is -0.136. The molecule has 6 heteroatoms. The Labute approximate surface area is 98.2 Å². The van der Waals surface area contributed by atoms with Crippen LogP contribution in [0, 0.1) is 12.7 Å². The van der Waals surface area contributed by atoms with E-state index in [4.69, 9.17) is 5.73 Å². The summed E-state index contributed by atoms with van der Waals surface area (Å²) >= 11 is 0. The Morgan fingerprint density at radius 3 is 2.65 bits per heavy atom. The fourth-order valence-electron chi connectivity index (χ4n) is 1.23. The predicted molar refractivity (Wildman–Crippen MR) is 61.8 cm³/mol. The molecule has 1 aromatic carbocycles. The van der Waals surface area contributed by atoms with E-state index in [1.165, 1.54) is 12.1 Å². The molecule has 0 heterocycles. The molecule has 0 fully saturated rings. The van der Waals surface area contributed by atoms with E-state index in [2.05, 4.69) is 10.6 Å². The molecule has 0 aliphatic carbocycles. The number of carbonyl (C=O) groups is 2. The number of para-hydroxylation sites is 1. The van der Waals surface area contributed by atoms with Crippen LogP contribution in [0.5, 0.6) is 0 Å². The van der Waals surface area contributed by atoms with E-state index >= 15 is 0 Å². The number of hydrogen-bond donors (Lipinski definition) is 3. The number of nitrogens with two attached hydrogens (primary N) is 1. The van der Waals surface area contributed by atoms with E-state index in [0.29, 0.717) is 5.56 Å². The minimum absolute atomic E-state index is 0.0143. The second-order valence-electron chi connectivity index (χ2n) is 3.43. The molecule has 4 N–H and O–H groups in total. The summed E-state index contributed by atoms with van der Waals surface area (Å²) in [6.45, 7) is 2.07. The van der Waals surface area contributed by atoms with E-state index < -0.39 is 17.6 Å². The van der Waals surface area contributed by atoms with E-state index in [1.54, 1.807) is 13.0 Å². The van der Waals surface area contributed by atoms with Crippen LogP contribution in [0.1, 0.15) is 5.56 Å². The van der Waals surface area contributed by atoms with Crippen molar-refractivity contribution in [3.8, 4) is 0 Å². The van der Waals surface area contributed by atoms with Crippen LogP contribution in [0.2, 0.25) is 0 Å². The van der Waals surface area contributed by atoms with Gasteiger partial charge in [-0.2, -0.15) is 0 Å². The second kappa shape index (κ2) is 5.95. The molecule has 92 valence electrons. The highest BCUT2D eigenvalue weighted by atomic mass is 19.1. The lowest BCUT2D eigenvalue weighted by Crippen LogP contribution is -2.38. The largest absolute Gasteiger partial charge is 0.347 e. The summed E-state index contributed by atoms with van der Waals surface area (Å²) in [7, 11) is 0. The number of benzene rings is 1. The quantitative estimate of drug-likeness (QED) is 0.656. The molecule has 1 aromatic rings. The monoisotopic (exact) mass is 239 g/mol. The number of rotatable bonds is 3. The molecule has 2 amide bonds. The minimum atomic E-state index is -0.911. The van der Waals surface area contributed by atoms with E-state index in [1.807, 2.05) is 0 Å². The normalized spacial score (nSPS) is 9.82. The van der Waals surface area contributed by atoms with Gasteiger partial charge in [-0.25, -0.2) is 4.39 Å². The Morgan fingerprint density at radius 1 is 1.35 bits per heavy atom. The van der Waals surface area contributed by atoms with Gasteiger partial charge in [0.2, 0.25) is 0 Å². The Hall–Kier alpha value is -1.95. The molecular weight excluding hydrogens is 225 g/mol. The number of nitrogens with one attached hydrogen (secondary N) is 2. The van der Waals surface area contributed by atoms with Crippen LogP contribution in [0.15, 0.2) is 18.2 Å². The van der Waals surface area contributed by atoms with Gasteiger partial charge in [0.1, 0.15) is 5.82 Å². The Morgan fingerprint density at radius 2 is 2.06 bits per heavy atom. The Bertz CT molecular complexity index is 414. The van der Waals surface area contributed by atoms with E-state index in [0.717, 1.165) is 0 Å². The van der Waals surface area contributed by atoms with Crippen LogP contribution in [0.25, 0.3) is 0 Å². The van der Waals surface area contributed by atoms with Gasteiger partial charge in [-0.05, 0) is 18.6 Å². The van der Waals surface area contributed by atoms with E-state index in [-0.39, 0.29) is 18.8 Å². The topological polar surface area (TPSA) is 84.2 Å². The van der Waals surface area contributed by atoms with Gasteiger partial charge in [0.15, 0.2) is 0 Å². The van der Waals surface area contributed by atoms with Crippen molar-refractivity contribution in [2.45, 2.75) is 6.92 Å². The zero-order chi connectivity index (χ0) is 12.8. The molecule has 0 spiro atoms. The molecule has 0 unspecified atom stereocenters. The van der Waals surface area contributed by atoms with Gasteiger partial charge < -0.3 is 16.4 Å². The summed E-state index contributed by atoms with van der Waals surface area (Å²) < 4.78 is 13.4. The first-order valence-electron chi connectivity index (χ1n) is 5.10. The van der Waals surface area contributed by atoms with Crippen molar-refractivity contribution >= 4 is 17.5 Å². The zero-order valence-electron chi connectivity index (χ0n) is 9.42. The van der Waals surface area contributed by atoms with Gasteiger partial charge >= 0.3 is 11.8 Å². The molecule has 0 saturated heterocycles. The first-order chi connectivity index (χ1) is 8.06. The molecule has 1 rings (SSSR count). The Balaban J connectivity index is 2.71. The van der Waals surface area contributed by atoms with Crippen molar-refractivity contribution in [1.29, 1.82) is 0 Å². The smallest absolute Gasteiger partial charge is 0.313 e. The second-order valence-corrected chi connectivity index (χ2v) is 3.43. The molecule has 0 bridgehead atoms. The lowest BCUT2D eigenvalue weighted by Gasteiger charge is -2.09. The van der Waals surface area contributed by atoms with Gasteiger partial charge in [0.25, 0.3) is 0 Å². The summed E-state index contributed by atoms with van der Waals surface area (Å²) in [6, 6.07) is 4.37. The van der Waals surface area contributed by atoms with Crippen molar-refractivity contribution < 1.29 is 14.0 Å². The van der Waals surface area contributed by atoms with Gasteiger partial charge in [-0.3, -0.25) is 9.59 Å².